The van der Waals surface area contributed by atoms with Crippen molar-refractivity contribution in [2.24, 2.45) is 0 Å². The van der Waals surface area contributed by atoms with Gasteiger partial charge in [-0.15, -0.1) is 11.3 Å². The molecule has 1 amide bonds. The molecule has 4 heteroatoms. The third kappa shape index (κ3) is 1.35. The average molecular weight is 194 g/mol. The van der Waals surface area contributed by atoms with Crippen molar-refractivity contribution in [3.8, 4) is 0 Å². The molecule has 2 aliphatic rings. The predicted molar refractivity (Wildman–Crippen MR) is 50.0 cm³/mol. The summed E-state index contributed by atoms with van der Waals surface area (Å²) in [6.07, 6.45) is 4.24. The van der Waals surface area contributed by atoms with Crippen LogP contribution in [0.1, 0.15) is 33.4 Å². The molecule has 0 spiro atoms. The molecule has 1 saturated heterocycles. The van der Waals surface area contributed by atoms with Crippen molar-refractivity contribution in [1.29, 1.82) is 0 Å². The van der Waals surface area contributed by atoms with Gasteiger partial charge in [0.05, 0.1) is 11.2 Å². The second-order valence-corrected chi connectivity index (χ2v) is 4.69. The van der Waals surface area contributed by atoms with Gasteiger partial charge in [-0.1, -0.05) is 0 Å². The summed E-state index contributed by atoms with van der Waals surface area (Å²) >= 11 is 1.58. The van der Waals surface area contributed by atoms with Gasteiger partial charge in [-0.05, 0) is 12.8 Å². The maximum absolute atomic E-state index is 11.6. The monoisotopic (exact) mass is 194 g/mol. The Morgan fingerprint density at radius 1 is 1.54 bits per heavy atom. The molecule has 1 aliphatic carbocycles. The Bertz CT molecular complexity index is 352. The minimum absolute atomic E-state index is 0.171. The van der Waals surface area contributed by atoms with E-state index in [1.54, 1.807) is 17.5 Å². The second kappa shape index (κ2) is 2.54. The normalized spacial score (nSPS) is 20.5. The molecule has 3 nitrogen and oxygen atoms in total. The largest absolute Gasteiger partial charge is 0.334 e. The Morgan fingerprint density at radius 2 is 2.31 bits per heavy atom. The third-order valence-electron chi connectivity index (χ3n) is 2.40. The number of hydrogen-bond acceptors (Lipinski definition) is 3. The van der Waals surface area contributed by atoms with Crippen LogP contribution in [0.2, 0.25) is 0 Å². The molecule has 2 heterocycles. The van der Waals surface area contributed by atoms with Gasteiger partial charge in [-0.3, -0.25) is 4.79 Å². The zero-order valence-electron chi connectivity index (χ0n) is 7.19. The van der Waals surface area contributed by atoms with Crippen molar-refractivity contribution >= 4 is 17.2 Å². The number of carbonyl (C=O) groups excluding carboxylic acids is 1. The van der Waals surface area contributed by atoms with E-state index in [1.165, 1.54) is 12.8 Å². The van der Waals surface area contributed by atoms with Crippen LogP contribution in [0.4, 0.5) is 0 Å². The summed E-state index contributed by atoms with van der Waals surface area (Å²) in [6, 6.07) is 0. The number of rotatable bonds is 2. The smallest absolute Gasteiger partial charge is 0.265 e. The first-order valence-electron chi connectivity index (χ1n) is 4.59. The first-order chi connectivity index (χ1) is 6.34. The molecule has 1 aliphatic heterocycles. The molecule has 1 saturated carbocycles. The fourth-order valence-corrected chi connectivity index (χ4v) is 2.37. The van der Waals surface area contributed by atoms with E-state index in [4.69, 9.17) is 0 Å². The molecule has 13 heavy (non-hydrogen) atoms. The van der Waals surface area contributed by atoms with Crippen molar-refractivity contribution in [3.63, 3.8) is 0 Å². The van der Waals surface area contributed by atoms with Gasteiger partial charge in [-0.2, -0.15) is 0 Å². The van der Waals surface area contributed by atoms with Crippen LogP contribution in [-0.2, 0) is 0 Å². The molecule has 0 N–H and O–H groups in total. The Morgan fingerprint density at radius 3 is 2.92 bits per heavy atom. The number of hydrogen-bond donors (Lipinski definition) is 0. The molecule has 0 aromatic carbocycles. The van der Waals surface area contributed by atoms with Crippen LogP contribution in [0.3, 0.4) is 0 Å². The van der Waals surface area contributed by atoms with E-state index in [-0.39, 0.29) is 5.91 Å². The van der Waals surface area contributed by atoms with Gasteiger partial charge in [0.25, 0.3) is 5.91 Å². The van der Waals surface area contributed by atoms with Gasteiger partial charge in [0.15, 0.2) is 0 Å². The highest BCUT2D eigenvalue weighted by molar-refractivity contribution is 7.13. The van der Waals surface area contributed by atoms with Gasteiger partial charge in [-0.25, -0.2) is 4.98 Å². The predicted octanol–water partition coefficient (Wildman–Crippen LogP) is 1.48. The zero-order valence-corrected chi connectivity index (χ0v) is 8.01. The standard InChI is InChI=1S/C9H10N2OS/c12-9(11-3-4-11)7-5-10-8(13-7)6-1-2-6/h5-6H,1-4H2. The molecule has 0 atom stereocenters. The maximum Gasteiger partial charge on any atom is 0.265 e. The zero-order chi connectivity index (χ0) is 8.84. The molecule has 3 rings (SSSR count). The maximum atomic E-state index is 11.6. The molecule has 0 unspecified atom stereocenters. The second-order valence-electron chi connectivity index (χ2n) is 3.63. The highest BCUT2D eigenvalue weighted by atomic mass is 32.1. The molecule has 1 aromatic heterocycles. The van der Waals surface area contributed by atoms with Crippen LogP contribution in [0.5, 0.6) is 0 Å². The molecule has 2 fully saturated rings. The van der Waals surface area contributed by atoms with E-state index < -0.39 is 0 Å². The molecular weight excluding hydrogens is 184 g/mol. The number of nitrogens with zero attached hydrogens (tertiary/aromatic N) is 2. The van der Waals surface area contributed by atoms with Crippen LogP contribution in [0.15, 0.2) is 6.20 Å². The lowest BCUT2D eigenvalue weighted by atomic mass is 10.4. The van der Waals surface area contributed by atoms with Crippen molar-refractivity contribution in [2.75, 3.05) is 13.1 Å². The van der Waals surface area contributed by atoms with E-state index in [2.05, 4.69) is 4.98 Å². The summed E-state index contributed by atoms with van der Waals surface area (Å²) in [4.78, 5) is 18.5. The summed E-state index contributed by atoms with van der Waals surface area (Å²) in [7, 11) is 0. The first-order valence-corrected chi connectivity index (χ1v) is 5.41. The molecule has 1 aromatic rings. The Kier molecular flexibility index (Phi) is 1.47. The topological polar surface area (TPSA) is 33.0 Å². The fourth-order valence-electron chi connectivity index (χ4n) is 1.31. The summed E-state index contributed by atoms with van der Waals surface area (Å²) in [6.45, 7) is 1.85. The Balaban J connectivity index is 1.83. The Labute approximate surface area is 80.4 Å². The molecule has 0 radical (unpaired) electrons. The minimum atomic E-state index is 0.171. The minimum Gasteiger partial charge on any atom is -0.334 e. The highest BCUT2D eigenvalue weighted by Crippen LogP contribution is 2.41. The van der Waals surface area contributed by atoms with Crippen molar-refractivity contribution in [1.82, 2.24) is 9.88 Å². The van der Waals surface area contributed by atoms with Crippen LogP contribution in [0.25, 0.3) is 0 Å². The summed E-state index contributed by atoms with van der Waals surface area (Å²) < 4.78 is 0. The number of thiazole rings is 1. The van der Waals surface area contributed by atoms with Crippen LogP contribution in [-0.4, -0.2) is 28.9 Å². The van der Waals surface area contributed by atoms with E-state index in [1.807, 2.05) is 4.90 Å². The number of carbonyl (C=O) groups is 1. The van der Waals surface area contributed by atoms with Crippen LogP contribution in [0, 0.1) is 0 Å². The fraction of sp³-hybridized carbons (Fsp3) is 0.556. The lowest BCUT2D eigenvalue weighted by Gasteiger charge is -1.94. The van der Waals surface area contributed by atoms with E-state index in [0.29, 0.717) is 5.92 Å². The van der Waals surface area contributed by atoms with Crippen LogP contribution >= 0.6 is 11.3 Å². The first kappa shape index (κ1) is 7.50. The van der Waals surface area contributed by atoms with E-state index in [9.17, 15) is 4.79 Å². The number of aromatic nitrogens is 1. The van der Waals surface area contributed by atoms with Gasteiger partial charge < -0.3 is 4.90 Å². The SMILES string of the molecule is O=C(c1cnc(C2CC2)s1)N1CC1. The van der Waals surface area contributed by atoms with Crippen molar-refractivity contribution < 1.29 is 4.79 Å². The van der Waals surface area contributed by atoms with Gasteiger partial charge in [0, 0.05) is 19.0 Å². The third-order valence-corrected chi connectivity index (χ3v) is 3.54. The quantitative estimate of drug-likeness (QED) is 0.668. The van der Waals surface area contributed by atoms with Crippen molar-refractivity contribution in [3.05, 3.63) is 16.1 Å². The van der Waals surface area contributed by atoms with E-state index in [0.717, 1.165) is 23.0 Å². The van der Waals surface area contributed by atoms with Crippen LogP contribution < -0.4 is 0 Å². The van der Waals surface area contributed by atoms with Gasteiger partial charge in [0.2, 0.25) is 0 Å². The van der Waals surface area contributed by atoms with Gasteiger partial charge >= 0.3 is 0 Å². The lowest BCUT2D eigenvalue weighted by molar-refractivity contribution is 0.0889. The lowest BCUT2D eigenvalue weighted by Crippen LogP contribution is -2.07. The van der Waals surface area contributed by atoms with Gasteiger partial charge in [0.1, 0.15) is 4.88 Å². The summed E-state index contributed by atoms with van der Waals surface area (Å²) in [5.41, 5.74) is 0. The highest BCUT2D eigenvalue weighted by Gasteiger charge is 2.30. The Hall–Kier alpha value is -0.900. The molecule has 68 valence electrons. The average Bonchev–Trinajstić information content (AvgIpc) is 3.02. The van der Waals surface area contributed by atoms with Crippen molar-refractivity contribution in [2.45, 2.75) is 18.8 Å². The number of amides is 1. The molecular formula is C9H10N2OS. The molecule has 0 bridgehead atoms. The summed E-state index contributed by atoms with van der Waals surface area (Å²) in [5, 5.41) is 1.16. The van der Waals surface area contributed by atoms with E-state index >= 15 is 0 Å². The summed E-state index contributed by atoms with van der Waals surface area (Å²) in [5.74, 6) is 0.838.